The molecule has 5 atom stereocenters. The zero-order chi connectivity index (χ0) is 8.59. The Morgan fingerprint density at radius 3 is 2.18 bits per heavy atom. The van der Waals surface area contributed by atoms with Crippen molar-refractivity contribution in [1.29, 1.82) is 0 Å². The van der Waals surface area contributed by atoms with E-state index in [0.29, 0.717) is 0 Å². The Balaban J connectivity index is 2.63. The highest BCUT2D eigenvalue weighted by molar-refractivity contribution is 6.20. The molecule has 0 radical (unpaired) electrons. The topological polar surface area (TPSA) is 69.9 Å². The van der Waals surface area contributed by atoms with Crippen molar-refractivity contribution in [3.8, 4) is 0 Å². The van der Waals surface area contributed by atoms with E-state index in [2.05, 4.69) is 0 Å². The first-order valence-corrected chi connectivity index (χ1v) is 3.81. The highest BCUT2D eigenvalue weighted by Crippen LogP contribution is 2.22. The molecule has 4 nitrogen and oxygen atoms in total. The summed E-state index contributed by atoms with van der Waals surface area (Å²) in [6.45, 7) is 1.58. The van der Waals surface area contributed by atoms with E-state index >= 15 is 0 Å². The van der Waals surface area contributed by atoms with Crippen LogP contribution >= 0.6 is 11.6 Å². The Labute approximate surface area is 69.4 Å². The molecule has 0 aromatic heterocycles. The average Bonchev–Trinajstić information content (AvgIpc) is 1.97. The molecule has 0 bridgehead atoms. The van der Waals surface area contributed by atoms with Gasteiger partial charge >= 0.3 is 0 Å². The molecule has 0 amide bonds. The van der Waals surface area contributed by atoms with E-state index in [0.717, 1.165) is 0 Å². The molecule has 5 heteroatoms. The van der Waals surface area contributed by atoms with Crippen molar-refractivity contribution < 1.29 is 20.1 Å². The molecule has 11 heavy (non-hydrogen) atoms. The number of aliphatic hydroxyl groups excluding tert-OH is 3. The monoisotopic (exact) mass is 182 g/mol. The molecule has 3 N–H and O–H groups in total. The van der Waals surface area contributed by atoms with Crippen LogP contribution in [0.1, 0.15) is 6.92 Å². The summed E-state index contributed by atoms with van der Waals surface area (Å²) < 4.78 is 4.89. The normalized spacial score (nSPS) is 52.6. The Bertz CT molecular complexity index is 129. The smallest absolute Gasteiger partial charge is 0.160 e. The second kappa shape index (κ2) is 3.25. The van der Waals surface area contributed by atoms with E-state index in [-0.39, 0.29) is 0 Å². The molecule has 1 rings (SSSR count). The lowest BCUT2D eigenvalue weighted by Gasteiger charge is -2.36. The van der Waals surface area contributed by atoms with Gasteiger partial charge in [-0.1, -0.05) is 11.6 Å². The maximum Gasteiger partial charge on any atom is 0.160 e. The minimum atomic E-state index is -1.22. The molecule has 0 spiro atoms. The van der Waals surface area contributed by atoms with Crippen LogP contribution in [0.5, 0.6) is 0 Å². The molecule has 0 aromatic carbocycles. The van der Waals surface area contributed by atoms with Crippen molar-refractivity contribution in [2.24, 2.45) is 0 Å². The van der Waals surface area contributed by atoms with E-state index < -0.39 is 30.0 Å². The molecular formula is C6H11ClO4. The second-order valence-electron chi connectivity index (χ2n) is 2.66. The molecule has 1 saturated heterocycles. The standard InChI is InChI=1S/C6H11ClO4/c1-2-3(8)4(9)5(10)6(7)11-2/h2-6,8-10H,1H3/t2-,3-,4+,5+,6?/m0/s1. The zero-order valence-electron chi connectivity index (χ0n) is 6.01. The Morgan fingerprint density at radius 2 is 1.64 bits per heavy atom. The van der Waals surface area contributed by atoms with E-state index in [9.17, 15) is 0 Å². The van der Waals surface area contributed by atoms with Crippen molar-refractivity contribution in [1.82, 2.24) is 0 Å². The predicted molar refractivity (Wildman–Crippen MR) is 38.2 cm³/mol. The van der Waals surface area contributed by atoms with E-state index in [1.54, 1.807) is 6.92 Å². The third-order valence-electron chi connectivity index (χ3n) is 1.79. The third-order valence-corrected chi connectivity index (χ3v) is 2.15. The van der Waals surface area contributed by atoms with Gasteiger partial charge in [0.15, 0.2) is 5.56 Å². The number of hydrogen-bond donors (Lipinski definition) is 3. The van der Waals surface area contributed by atoms with Crippen LogP contribution in [0.15, 0.2) is 0 Å². The van der Waals surface area contributed by atoms with Crippen LogP contribution in [0.4, 0.5) is 0 Å². The van der Waals surface area contributed by atoms with Crippen LogP contribution in [-0.2, 0) is 4.74 Å². The molecule has 1 aliphatic heterocycles. The highest BCUT2D eigenvalue weighted by atomic mass is 35.5. The Morgan fingerprint density at radius 1 is 1.09 bits per heavy atom. The summed E-state index contributed by atoms with van der Waals surface area (Å²) in [5, 5.41) is 27.3. The van der Waals surface area contributed by atoms with Crippen LogP contribution < -0.4 is 0 Å². The van der Waals surface area contributed by atoms with Gasteiger partial charge in [-0.3, -0.25) is 0 Å². The summed E-state index contributed by atoms with van der Waals surface area (Å²) in [7, 11) is 0. The van der Waals surface area contributed by atoms with Gasteiger partial charge in [0.2, 0.25) is 0 Å². The summed E-state index contributed by atoms with van der Waals surface area (Å²) in [5.41, 5.74) is -0.941. The largest absolute Gasteiger partial charge is 0.388 e. The van der Waals surface area contributed by atoms with Crippen LogP contribution in [0.2, 0.25) is 0 Å². The van der Waals surface area contributed by atoms with Crippen LogP contribution in [0.3, 0.4) is 0 Å². The van der Waals surface area contributed by atoms with Crippen LogP contribution in [0, 0.1) is 0 Å². The van der Waals surface area contributed by atoms with E-state index in [4.69, 9.17) is 31.7 Å². The molecule has 0 aliphatic carbocycles. The number of alkyl halides is 1. The summed E-state index contributed by atoms with van der Waals surface area (Å²) in [6, 6.07) is 0. The summed E-state index contributed by atoms with van der Waals surface area (Å²) >= 11 is 5.48. The van der Waals surface area contributed by atoms with Gasteiger partial charge in [-0.15, -0.1) is 0 Å². The van der Waals surface area contributed by atoms with Crippen molar-refractivity contribution in [2.75, 3.05) is 0 Å². The van der Waals surface area contributed by atoms with Gasteiger partial charge in [0.25, 0.3) is 0 Å². The van der Waals surface area contributed by atoms with Gasteiger partial charge in [0.1, 0.15) is 18.3 Å². The summed E-state index contributed by atoms with van der Waals surface area (Å²) in [4.78, 5) is 0. The Hall–Kier alpha value is 0.130. The first-order chi connectivity index (χ1) is 5.04. The first kappa shape index (κ1) is 9.22. The van der Waals surface area contributed by atoms with Gasteiger partial charge in [0.05, 0.1) is 6.10 Å². The van der Waals surface area contributed by atoms with Crippen molar-refractivity contribution in [3.05, 3.63) is 0 Å². The number of ether oxygens (including phenoxy) is 1. The molecule has 1 fully saturated rings. The van der Waals surface area contributed by atoms with Gasteiger partial charge in [0, 0.05) is 0 Å². The molecular weight excluding hydrogens is 172 g/mol. The fourth-order valence-electron chi connectivity index (χ4n) is 1.00. The number of rotatable bonds is 0. The fraction of sp³-hybridized carbons (Fsp3) is 1.00. The minimum absolute atomic E-state index is 0.545. The number of halogens is 1. The fourth-order valence-corrected chi connectivity index (χ4v) is 1.31. The molecule has 0 saturated carbocycles. The Kier molecular flexibility index (Phi) is 2.72. The zero-order valence-corrected chi connectivity index (χ0v) is 6.77. The summed E-state index contributed by atoms with van der Waals surface area (Å²) in [6.07, 6.45) is -4.06. The number of aliphatic hydroxyl groups is 3. The van der Waals surface area contributed by atoms with E-state index in [1.165, 1.54) is 0 Å². The first-order valence-electron chi connectivity index (χ1n) is 3.37. The quantitative estimate of drug-likeness (QED) is 0.423. The molecule has 1 unspecified atom stereocenters. The summed E-state index contributed by atoms with van der Waals surface area (Å²) in [5.74, 6) is 0. The van der Waals surface area contributed by atoms with Crippen LogP contribution in [0.25, 0.3) is 0 Å². The van der Waals surface area contributed by atoms with Crippen molar-refractivity contribution >= 4 is 11.6 Å². The van der Waals surface area contributed by atoms with E-state index in [1.807, 2.05) is 0 Å². The average molecular weight is 183 g/mol. The van der Waals surface area contributed by atoms with Crippen LogP contribution in [-0.4, -0.2) is 45.3 Å². The molecule has 0 aromatic rings. The van der Waals surface area contributed by atoms with Gasteiger partial charge < -0.3 is 20.1 Å². The lowest BCUT2D eigenvalue weighted by Crippen LogP contribution is -2.54. The molecule has 1 aliphatic rings. The lowest BCUT2D eigenvalue weighted by atomic mass is 10.0. The second-order valence-corrected chi connectivity index (χ2v) is 3.09. The maximum atomic E-state index is 9.14. The van der Waals surface area contributed by atoms with Gasteiger partial charge in [-0.25, -0.2) is 0 Å². The predicted octanol–water partition coefficient (Wildman–Crippen LogP) is -0.947. The maximum absolute atomic E-state index is 9.14. The number of hydrogen-bond acceptors (Lipinski definition) is 4. The highest BCUT2D eigenvalue weighted by Gasteiger charge is 2.40. The van der Waals surface area contributed by atoms with Gasteiger partial charge in [-0.05, 0) is 6.92 Å². The molecule has 66 valence electrons. The minimum Gasteiger partial charge on any atom is -0.388 e. The SMILES string of the molecule is C[C@@H]1OC(Cl)[C@H](O)[C@H](O)[C@H]1O. The third kappa shape index (κ3) is 1.65. The van der Waals surface area contributed by atoms with Crippen molar-refractivity contribution in [3.63, 3.8) is 0 Å². The van der Waals surface area contributed by atoms with Gasteiger partial charge in [-0.2, -0.15) is 0 Å². The lowest BCUT2D eigenvalue weighted by molar-refractivity contribution is -0.194. The van der Waals surface area contributed by atoms with Crippen molar-refractivity contribution in [2.45, 2.75) is 36.9 Å². The molecule has 1 heterocycles.